The molecule has 92 valence electrons. The second kappa shape index (κ2) is 3.87. The molecule has 0 radical (unpaired) electrons. The van der Waals surface area contributed by atoms with E-state index in [0.29, 0.717) is 6.01 Å². The second-order valence-electron chi connectivity index (χ2n) is 4.23. The minimum Gasteiger partial charge on any atom is -0.428 e. The number of aromatic amines is 1. The van der Waals surface area contributed by atoms with E-state index in [2.05, 4.69) is 20.3 Å². The van der Waals surface area contributed by atoms with Gasteiger partial charge in [-0.05, 0) is 26.0 Å². The average Bonchev–Trinajstić information content (AvgIpc) is 2.89. The van der Waals surface area contributed by atoms with Crippen LogP contribution >= 0.6 is 0 Å². The smallest absolute Gasteiger partial charge is 0.295 e. The van der Waals surface area contributed by atoms with E-state index in [4.69, 9.17) is 4.42 Å². The molecule has 0 fully saturated rings. The summed E-state index contributed by atoms with van der Waals surface area (Å²) in [7, 11) is 1.79. The van der Waals surface area contributed by atoms with Gasteiger partial charge in [0.1, 0.15) is 17.3 Å². The number of benzene rings is 1. The van der Waals surface area contributed by atoms with E-state index in [-0.39, 0.29) is 0 Å². The van der Waals surface area contributed by atoms with Crippen LogP contribution < -0.4 is 5.32 Å². The molecule has 0 aliphatic carbocycles. The lowest BCUT2D eigenvalue weighted by Crippen LogP contribution is -1.87. The third-order valence-electron chi connectivity index (χ3n) is 2.88. The Kier molecular flexibility index (Phi) is 2.33. The fourth-order valence-electron chi connectivity index (χ4n) is 2.06. The number of nitrogens with zero attached hydrogens (tertiary/aromatic N) is 2. The second-order valence-corrected chi connectivity index (χ2v) is 4.23. The minimum atomic E-state index is 0.531. The summed E-state index contributed by atoms with van der Waals surface area (Å²) in [5.41, 5.74) is 3.85. The SMILES string of the molecule is CNc1nc(-c2ccc3nc(C)[nH]c3c2)c(C)o1. The molecule has 5 heteroatoms. The molecule has 18 heavy (non-hydrogen) atoms. The predicted molar refractivity (Wildman–Crippen MR) is 70.6 cm³/mol. The van der Waals surface area contributed by atoms with E-state index in [0.717, 1.165) is 33.9 Å². The third kappa shape index (κ3) is 1.64. The molecule has 0 amide bonds. The third-order valence-corrected chi connectivity index (χ3v) is 2.88. The summed E-state index contributed by atoms with van der Waals surface area (Å²) in [6.07, 6.45) is 0. The largest absolute Gasteiger partial charge is 0.428 e. The van der Waals surface area contributed by atoms with Crippen molar-refractivity contribution in [2.24, 2.45) is 0 Å². The molecular formula is C13H14N4O. The highest BCUT2D eigenvalue weighted by molar-refractivity contribution is 5.81. The Bertz CT molecular complexity index is 711. The van der Waals surface area contributed by atoms with E-state index < -0.39 is 0 Å². The van der Waals surface area contributed by atoms with Crippen molar-refractivity contribution in [3.05, 3.63) is 29.8 Å². The Morgan fingerprint density at radius 3 is 2.78 bits per heavy atom. The van der Waals surface area contributed by atoms with Crippen LogP contribution in [-0.4, -0.2) is 22.0 Å². The molecule has 2 aromatic heterocycles. The summed E-state index contributed by atoms with van der Waals surface area (Å²) in [5.74, 6) is 1.71. The highest BCUT2D eigenvalue weighted by atomic mass is 16.4. The van der Waals surface area contributed by atoms with Crippen LogP contribution in [0.15, 0.2) is 22.6 Å². The van der Waals surface area contributed by atoms with Crippen molar-refractivity contribution in [2.75, 3.05) is 12.4 Å². The number of aromatic nitrogens is 3. The van der Waals surface area contributed by atoms with Gasteiger partial charge in [-0.15, -0.1) is 0 Å². The topological polar surface area (TPSA) is 66.7 Å². The van der Waals surface area contributed by atoms with Crippen molar-refractivity contribution in [3.8, 4) is 11.3 Å². The van der Waals surface area contributed by atoms with Crippen molar-refractivity contribution >= 4 is 17.0 Å². The fraction of sp³-hybridized carbons (Fsp3) is 0.231. The van der Waals surface area contributed by atoms with Crippen LogP contribution in [0.2, 0.25) is 0 Å². The Morgan fingerprint density at radius 2 is 2.06 bits per heavy atom. The van der Waals surface area contributed by atoms with Gasteiger partial charge in [-0.1, -0.05) is 6.07 Å². The molecule has 3 rings (SSSR count). The number of anilines is 1. The molecule has 0 saturated carbocycles. The van der Waals surface area contributed by atoms with Gasteiger partial charge < -0.3 is 14.7 Å². The van der Waals surface area contributed by atoms with Crippen molar-refractivity contribution in [1.82, 2.24) is 15.0 Å². The summed E-state index contributed by atoms with van der Waals surface area (Å²) in [6, 6.07) is 6.57. The first-order chi connectivity index (χ1) is 8.67. The maximum atomic E-state index is 5.49. The van der Waals surface area contributed by atoms with Crippen LogP contribution in [0.5, 0.6) is 0 Å². The van der Waals surface area contributed by atoms with Gasteiger partial charge in [0, 0.05) is 12.6 Å². The molecule has 1 aromatic carbocycles. The van der Waals surface area contributed by atoms with Gasteiger partial charge in [-0.25, -0.2) is 4.98 Å². The van der Waals surface area contributed by atoms with Crippen LogP contribution in [-0.2, 0) is 0 Å². The van der Waals surface area contributed by atoms with E-state index in [1.165, 1.54) is 0 Å². The molecule has 0 aliphatic heterocycles. The Hall–Kier alpha value is -2.30. The van der Waals surface area contributed by atoms with Crippen LogP contribution in [0.25, 0.3) is 22.3 Å². The summed E-state index contributed by atoms with van der Waals surface area (Å²) >= 11 is 0. The predicted octanol–water partition coefficient (Wildman–Crippen LogP) is 2.88. The molecule has 0 bridgehead atoms. The summed E-state index contributed by atoms with van der Waals surface area (Å²) in [4.78, 5) is 12.0. The summed E-state index contributed by atoms with van der Waals surface area (Å²) < 4.78 is 5.49. The van der Waals surface area contributed by atoms with Gasteiger partial charge in [0.05, 0.1) is 11.0 Å². The van der Waals surface area contributed by atoms with Gasteiger partial charge in [-0.2, -0.15) is 4.98 Å². The first kappa shape index (κ1) is 10.8. The zero-order valence-electron chi connectivity index (χ0n) is 10.5. The monoisotopic (exact) mass is 242 g/mol. The number of rotatable bonds is 2. The number of H-pyrrole nitrogens is 1. The molecular weight excluding hydrogens is 228 g/mol. The number of nitrogens with one attached hydrogen (secondary N) is 2. The number of aryl methyl sites for hydroxylation is 2. The van der Waals surface area contributed by atoms with E-state index in [1.807, 2.05) is 32.0 Å². The Balaban J connectivity index is 2.15. The average molecular weight is 242 g/mol. The van der Waals surface area contributed by atoms with Crippen molar-refractivity contribution in [3.63, 3.8) is 0 Å². The van der Waals surface area contributed by atoms with E-state index in [9.17, 15) is 0 Å². The molecule has 0 unspecified atom stereocenters. The van der Waals surface area contributed by atoms with Gasteiger partial charge in [-0.3, -0.25) is 0 Å². The first-order valence-electron chi connectivity index (χ1n) is 5.79. The molecule has 5 nitrogen and oxygen atoms in total. The van der Waals surface area contributed by atoms with Gasteiger partial charge in [0.15, 0.2) is 0 Å². The van der Waals surface area contributed by atoms with E-state index >= 15 is 0 Å². The normalized spacial score (nSPS) is 11.1. The fourth-order valence-corrected chi connectivity index (χ4v) is 2.06. The zero-order valence-corrected chi connectivity index (χ0v) is 10.5. The lowest BCUT2D eigenvalue weighted by molar-refractivity contribution is 0.544. The molecule has 3 aromatic rings. The molecule has 0 atom stereocenters. The van der Waals surface area contributed by atoms with Crippen molar-refractivity contribution < 1.29 is 4.42 Å². The Labute approximate surface area is 104 Å². The van der Waals surface area contributed by atoms with Gasteiger partial charge >= 0.3 is 0 Å². The number of hydrogen-bond acceptors (Lipinski definition) is 4. The zero-order chi connectivity index (χ0) is 12.7. The van der Waals surface area contributed by atoms with Crippen molar-refractivity contribution in [1.29, 1.82) is 0 Å². The van der Waals surface area contributed by atoms with Crippen LogP contribution in [0.1, 0.15) is 11.6 Å². The molecule has 2 N–H and O–H groups in total. The standard InChI is InChI=1S/C13H14N4O/c1-7-12(17-13(14-3)18-7)9-4-5-10-11(6-9)16-8(2)15-10/h4-6H,1-3H3,(H,14,17)(H,15,16). The minimum absolute atomic E-state index is 0.531. The quantitative estimate of drug-likeness (QED) is 0.725. The molecule has 0 spiro atoms. The van der Waals surface area contributed by atoms with E-state index in [1.54, 1.807) is 7.05 Å². The summed E-state index contributed by atoms with van der Waals surface area (Å²) in [5, 5.41) is 2.90. The van der Waals surface area contributed by atoms with Gasteiger partial charge in [0.2, 0.25) is 0 Å². The lowest BCUT2D eigenvalue weighted by atomic mass is 10.1. The van der Waals surface area contributed by atoms with Crippen molar-refractivity contribution in [2.45, 2.75) is 13.8 Å². The maximum Gasteiger partial charge on any atom is 0.295 e. The number of oxazole rings is 1. The molecule has 0 saturated heterocycles. The first-order valence-corrected chi connectivity index (χ1v) is 5.79. The molecule has 2 heterocycles. The van der Waals surface area contributed by atoms with Gasteiger partial charge in [0.25, 0.3) is 6.01 Å². The van der Waals surface area contributed by atoms with Crippen LogP contribution in [0.4, 0.5) is 6.01 Å². The number of imidazole rings is 1. The number of hydrogen-bond donors (Lipinski definition) is 2. The highest BCUT2D eigenvalue weighted by Gasteiger charge is 2.11. The number of fused-ring (bicyclic) bond motifs is 1. The van der Waals surface area contributed by atoms with Crippen LogP contribution in [0, 0.1) is 13.8 Å². The Morgan fingerprint density at radius 1 is 1.22 bits per heavy atom. The maximum absolute atomic E-state index is 5.49. The molecule has 0 aliphatic rings. The summed E-state index contributed by atoms with van der Waals surface area (Å²) in [6.45, 7) is 3.85. The highest BCUT2D eigenvalue weighted by Crippen LogP contribution is 2.27. The van der Waals surface area contributed by atoms with Crippen LogP contribution in [0.3, 0.4) is 0 Å². The lowest BCUT2D eigenvalue weighted by Gasteiger charge is -1.97.